The third kappa shape index (κ3) is 6.22. The van der Waals surface area contributed by atoms with Crippen LogP contribution in [0, 0.1) is 11.8 Å². The van der Waals surface area contributed by atoms with E-state index in [1.54, 1.807) is 19.2 Å². The molecule has 3 fully saturated rings. The van der Waals surface area contributed by atoms with Gasteiger partial charge >= 0.3 is 0 Å². The second-order valence-corrected chi connectivity index (χ2v) is 10.6. The lowest BCUT2D eigenvalue weighted by atomic mass is 9.93. The highest BCUT2D eigenvalue weighted by Crippen LogP contribution is 2.30. The van der Waals surface area contributed by atoms with Crippen LogP contribution in [-0.2, 0) is 9.53 Å². The number of carbonyl (C=O) groups excluding carboxylic acids is 2. The van der Waals surface area contributed by atoms with Gasteiger partial charge in [0.05, 0.1) is 35.5 Å². The number of nitrogen functional groups attached to an aromatic ring is 1. The minimum absolute atomic E-state index is 0.101. The van der Waals surface area contributed by atoms with Crippen molar-refractivity contribution in [1.82, 2.24) is 15.1 Å². The van der Waals surface area contributed by atoms with Gasteiger partial charge in [0.1, 0.15) is 5.75 Å². The van der Waals surface area contributed by atoms with Crippen molar-refractivity contribution in [2.24, 2.45) is 11.8 Å². The molecule has 2 atom stereocenters. The molecule has 2 aliphatic heterocycles. The minimum atomic E-state index is -0.247. The highest BCUT2D eigenvalue weighted by atomic mass is 35.5. The maximum atomic E-state index is 13.0. The summed E-state index contributed by atoms with van der Waals surface area (Å²) in [4.78, 5) is 30.3. The highest BCUT2D eigenvalue weighted by Gasteiger charge is 2.34. The molecule has 4 rings (SSSR count). The molecule has 3 N–H and O–H groups in total. The summed E-state index contributed by atoms with van der Waals surface area (Å²) in [6.07, 6.45) is 7.35. The zero-order valence-corrected chi connectivity index (χ0v) is 21.7. The number of rotatable bonds is 7. The Morgan fingerprint density at radius 1 is 1.09 bits per heavy atom. The second kappa shape index (κ2) is 11.8. The maximum Gasteiger partial charge on any atom is 0.255 e. The lowest BCUT2D eigenvalue weighted by molar-refractivity contribution is -0.136. The van der Waals surface area contributed by atoms with Gasteiger partial charge in [0.25, 0.3) is 5.91 Å². The maximum absolute atomic E-state index is 13.0. The number of likely N-dealkylation sites (tertiary alicyclic amines) is 2. The number of nitrogens with two attached hydrogens (primary N) is 1. The van der Waals surface area contributed by atoms with Crippen LogP contribution in [-0.4, -0.2) is 80.7 Å². The summed E-state index contributed by atoms with van der Waals surface area (Å²) in [5.41, 5.74) is 6.58. The van der Waals surface area contributed by atoms with Crippen LogP contribution in [0.3, 0.4) is 0 Å². The highest BCUT2D eigenvalue weighted by molar-refractivity contribution is 6.33. The van der Waals surface area contributed by atoms with Crippen molar-refractivity contribution in [1.29, 1.82) is 0 Å². The molecule has 1 aromatic carbocycles. The number of ether oxygens (including phenoxy) is 2. The normalized spacial score (nSPS) is 24.5. The molecule has 8 nitrogen and oxygen atoms in total. The molecule has 0 bridgehead atoms. The van der Waals surface area contributed by atoms with E-state index in [0.29, 0.717) is 33.8 Å². The number of hydrogen-bond acceptors (Lipinski definition) is 6. The standard InChI is InChI=1S/C26H39ClN4O4/c1-34-23-14-21(28)20(27)13-19(23)25(32)29-22-9-10-30(16-24(22)35-2)15-17-7-11-31(12-8-17)26(33)18-5-3-4-6-18/h13-14,17-18,22,24H,3-12,15-16,28H2,1-2H3,(H,29,32)/t22-,24+/m0/s1. The Bertz CT molecular complexity index is 900. The van der Waals surface area contributed by atoms with Crippen molar-refractivity contribution in [3.63, 3.8) is 0 Å². The molecule has 9 heteroatoms. The molecule has 194 valence electrons. The number of hydrogen-bond donors (Lipinski definition) is 2. The van der Waals surface area contributed by atoms with Gasteiger partial charge in [-0.05, 0) is 44.1 Å². The van der Waals surface area contributed by atoms with Gasteiger partial charge in [0, 0.05) is 51.8 Å². The molecule has 0 spiro atoms. The summed E-state index contributed by atoms with van der Waals surface area (Å²) >= 11 is 6.14. The van der Waals surface area contributed by atoms with E-state index < -0.39 is 0 Å². The van der Waals surface area contributed by atoms with E-state index >= 15 is 0 Å². The monoisotopic (exact) mass is 506 g/mol. The van der Waals surface area contributed by atoms with Crippen molar-refractivity contribution in [2.75, 3.05) is 52.7 Å². The van der Waals surface area contributed by atoms with Gasteiger partial charge in [-0.3, -0.25) is 9.59 Å². The summed E-state index contributed by atoms with van der Waals surface area (Å²) in [5.74, 6) is 1.40. The quantitative estimate of drug-likeness (QED) is 0.551. The van der Waals surface area contributed by atoms with Crippen molar-refractivity contribution in [2.45, 2.75) is 57.1 Å². The zero-order valence-electron chi connectivity index (χ0n) is 20.9. The minimum Gasteiger partial charge on any atom is -0.496 e. The predicted octanol–water partition coefficient (Wildman–Crippen LogP) is 3.18. The first-order valence-corrected chi connectivity index (χ1v) is 13.2. The first-order valence-electron chi connectivity index (χ1n) is 12.9. The average molecular weight is 507 g/mol. The van der Waals surface area contributed by atoms with Gasteiger partial charge in [-0.2, -0.15) is 0 Å². The molecule has 2 heterocycles. The van der Waals surface area contributed by atoms with Crippen molar-refractivity contribution in [3.05, 3.63) is 22.7 Å². The fourth-order valence-electron chi connectivity index (χ4n) is 5.84. The Balaban J connectivity index is 1.27. The number of methoxy groups -OCH3 is 2. The van der Waals surface area contributed by atoms with Crippen LogP contribution in [0.1, 0.15) is 55.3 Å². The molecular weight excluding hydrogens is 468 g/mol. The van der Waals surface area contributed by atoms with E-state index in [2.05, 4.69) is 15.1 Å². The van der Waals surface area contributed by atoms with Crippen LogP contribution in [0.4, 0.5) is 5.69 Å². The number of nitrogens with zero attached hydrogens (tertiary/aromatic N) is 2. The third-order valence-electron chi connectivity index (χ3n) is 7.97. The lowest BCUT2D eigenvalue weighted by Gasteiger charge is -2.41. The van der Waals surface area contributed by atoms with Crippen molar-refractivity contribution in [3.8, 4) is 5.75 Å². The summed E-state index contributed by atoms with van der Waals surface area (Å²) in [5, 5.41) is 3.44. The van der Waals surface area contributed by atoms with Crippen LogP contribution in [0.5, 0.6) is 5.75 Å². The second-order valence-electron chi connectivity index (χ2n) is 10.2. The number of amides is 2. The molecule has 0 aromatic heterocycles. The van der Waals surface area contributed by atoms with E-state index in [0.717, 1.165) is 64.8 Å². The number of benzene rings is 1. The van der Waals surface area contributed by atoms with Crippen molar-refractivity contribution < 1.29 is 19.1 Å². The van der Waals surface area contributed by atoms with Crippen LogP contribution >= 0.6 is 11.6 Å². The molecule has 0 unspecified atom stereocenters. The lowest BCUT2D eigenvalue weighted by Crippen LogP contribution is -2.55. The zero-order chi connectivity index (χ0) is 24.9. The Morgan fingerprint density at radius 2 is 1.80 bits per heavy atom. The molecular formula is C26H39ClN4O4. The van der Waals surface area contributed by atoms with E-state index in [9.17, 15) is 9.59 Å². The van der Waals surface area contributed by atoms with Gasteiger partial charge in [0.2, 0.25) is 5.91 Å². The van der Waals surface area contributed by atoms with Crippen LogP contribution in [0.25, 0.3) is 0 Å². The Labute approximate surface area is 213 Å². The summed E-state index contributed by atoms with van der Waals surface area (Å²) in [7, 11) is 3.20. The summed E-state index contributed by atoms with van der Waals surface area (Å²) < 4.78 is 11.1. The first-order chi connectivity index (χ1) is 16.9. The van der Waals surface area contributed by atoms with Crippen LogP contribution in [0.2, 0.25) is 5.02 Å². The van der Waals surface area contributed by atoms with Gasteiger partial charge in [-0.15, -0.1) is 0 Å². The molecule has 1 saturated carbocycles. The molecule has 3 aliphatic rings. The number of carbonyl (C=O) groups is 2. The number of nitrogens with one attached hydrogen (secondary N) is 1. The molecule has 35 heavy (non-hydrogen) atoms. The topological polar surface area (TPSA) is 97.1 Å². The SMILES string of the molecule is COc1cc(N)c(Cl)cc1C(=O)N[C@H]1CCN(CC2CCN(C(=O)C3CCCC3)CC2)C[C@H]1OC. The van der Waals surface area contributed by atoms with Gasteiger partial charge in [-0.25, -0.2) is 0 Å². The van der Waals surface area contributed by atoms with Gasteiger partial charge in [0.15, 0.2) is 0 Å². The molecule has 0 radical (unpaired) electrons. The summed E-state index contributed by atoms with van der Waals surface area (Å²) in [6.45, 7) is 4.43. The molecule has 1 aliphatic carbocycles. The summed E-state index contributed by atoms with van der Waals surface area (Å²) in [6, 6.07) is 3.02. The fraction of sp³-hybridized carbons (Fsp3) is 0.692. The molecule has 2 saturated heterocycles. The number of piperidine rings is 2. The van der Waals surface area contributed by atoms with Crippen LogP contribution < -0.4 is 15.8 Å². The van der Waals surface area contributed by atoms with E-state index in [-0.39, 0.29) is 24.0 Å². The molecule has 1 aromatic rings. The largest absolute Gasteiger partial charge is 0.496 e. The Morgan fingerprint density at radius 3 is 2.46 bits per heavy atom. The number of anilines is 1. The van der Waals surface area contributed by atoms with Crippen LogP contribution in [0.15, 0.2) is 12.1 Å². The fourth-order valence-corrected chi connectivity index (χ4v) is 6.01. The van der Waals surface area contributed by atoms with Crippen molar-refractivity contribution >= 4 is 29.1 Å². The smallest absolute Gasteiger partial charge is 0.255 e. The third-order valence-corrected chi connectivity index (χ3v) is 8.30. The van der Waals surface area contributed by atoms with Gasteiger partial charge in [-0.1, -0.05) is 24.4 Å². The van der Waals surface area contributed by atoms with E-state index in [4.69, 9.17) is 26.8 Å². The van der Waals surface area contributed by atoms with E-state index in [1.807, 2.05) is 0 Å². The average Bonchev–Trinajstić information content (AvgIpc) is 3.41. The Hall–Kier alpha value is -2.03. The Kier molecular flexibility index (Phi) is 8.78. The first kappa shape index (κ1) is 26.0. The van der Waals surface area contributed by atoms with Gasteiger partial charge < -0.3 is 30.3 Å². The molecule has 2 amide bonds. The predicted molar refractivity (Wildman–Crippen MR) is 137 cm³/mol. The van der Waals surface area contributed by atoms with E-state index in [1.165, 1.54) is 20.0 Å². The number of halogens is 1.